The van der Waals surface area contributed by atoms with E-state index in [1.807, 2.05) is 0 Å². The Kier molecular flexibility index (Phi) is 5.09. The van der Waals surface area contributed by atoms with Crippen LogP contribution in [0.25, 0.3) is 0 Å². The van der Waals surface area contributed by atoms with Crippen molar-refractivity contribution in [3.8, 4) is 0 Å². The molecule has 1 aliphatic rings. The van der Waals surface area contributed by atoms with Crippen molar-refractivity contribution in [2.75, 3.05) is 25.9 Å². The van der Waals surface area contributed by atoms with Crippen molar-refractivity contribution in [1.82, 2.24) is 9.62 Å². The van der Waals surface area contributed by atoms with E-state index in [1.54, 1.807) is 0 Å². The van der Waals surface area contributed by atoms with E-state index in [9.17, 15) is 18.0 Å². The van der Waals surface area contributed by atoms with Crippen molar-refractivity contribution < 1.29 is 23.1 Å². The lowest BCUT2D eigenvalue weighted by atomic mass is 9.99. The van der Waals surface area contributed by atoms with E-state index >= 15 is 0 Å². The first kappa shape index (κ1) is 14.9. The fraction of sp³-hybridized carbons (Fsp3) is 0.800. The second-order valence-corrected chi connectivity index (χ2v) is 6.38. The second kappa shape index (κ2) is 6.14. The summed E-state index contributed by atoms with van der Waals surface area (Å²) in [4.78, 5) is 22.0. The van der Waals surface area contributed by atoms with Crippen molar-refractivity contribution in [3.05, 3.63) is 0 Å². The lowest BCUT2D eigenvalue weighted by Crippen LogP contribution is -2.45. The second-order valence-electron chi connectivity index (χ2n) is 4.39. The minimum atomic E-state index is -3.27. The average Bonchev–Trinajstić information content (AvgIpc) is 2.27. The molecule has 18 heavy (non-hydrogen) atoms. The first-order chi connectivity index (χ1) is 8.30. The maximum atomic E-state index is 11.7. The van der Waals surface area contributed by atoms with Crippen LogP contribution in [-0.4, -0.2) is 55.6 Å². The molecule has 1 rings (SSSR count). The number of amides is 1. The Labute approximate surface area is 106 Å². The van der Waals surface area contributed by atoms with Gasteiger partial charge in [0.05, 0.1) is 18.6 Å². The summed E-state index contributed by atoms with van der Waals surface area (Å²) in [7, 11) is -3.27. The summed E-state index contributed by atoms with van der Waals surface area (Å²) in [6, 6.07) is 0. The highest BCUT2D eigenvalue weighted by atomic mass is 32.2. The van der Waals surface area contributed by atoms with E-state index in [-0.39, 0.29) is 31.3 Å². The number of carboxylic acids is 1. The van der Waals surface area contributed by atoms with Crippen LogP contribution >= 0.6 is 0 Å². The van der Waals surface area contributed by atoms with E-state index in [0.29, 0.717) is 19.4 Å². The van der Waals surface area contributed by atoms with Crippen LogP contribution in [0.1, 0.15) is 19.3 Å². The minimum absolute atomic E-state index is 0.0730. The van der Waals surface area contributed by atoms with Gasteiger partial charge >= 0.3 is 5.97 Å². The van der Waals surface area contributed by atoms with Gasteiger partial charge in [0.25, 0.3) is 0 Å². The van der Waals surface area contributed by atoms with Crippen LogP contribution in [0.15, 0.2) is 0 Å². The maximum Gasteiger partial charge on any atom is 0.305 e. The standard InChI is InChI=1S/C10H18N2O5S/c1-18(16,17)12-6-2-3-8(7-12)10(15)11-5-4-9(13)14/h8H,2-7H2,1H3,(H,11,15)(H,13,14). The summed E-state index contributed by atoms with van der Waals surface area (Å²) in [6.45, 7) is 0.693. The molecule has 0 aromatic carbocycles. The van der Waals surface area contributed by atoms with Gasteiger partial charge < -0.3 is 10.4 Å². The van der Waals surface area contributed by atoms with Crippen molar-refractivity contribution in [2.24, 2.45) is 5.92 Å². The van der Waals surface area contributed by atoms with Gasteiger partial charge in [-0.05, 0) is 12.8 Å². The Morgan fingerprint density at radius 2 is 2.11 bits per heavy atom. The summed E-state index contributed by atoms with van der Waals surface area (Å²) in [6.07, 6.45) is 2.26. The van der Waals surface area contributed by atoms with Gasteiger partial charge in [-0.3, -0.25) is 9.59 Å². The molecule has 1 fully saturated rings. The minimum Gasteiger partial charge on any atom is -0.481 e. The highest BCUT2D eigenvalue weighted by Crippen LogP contribution is 2.18. The van der Waals surface area contributed by atoms with Crippen LogP contribution in [0.2, 0.25) is 0 Å². The summed E-state index contributed by atoms with van der Waals surface area (Å²) >= 11 is 0. The van der Waals surface area contributed by atoms with Gasteiger partial charge in [-0.1, -0.05) is 0 Å². The first-order valence-corrected chi connectivity index (χ1v) is 7.60. The molecule has 0 spiro atoms. The van der Waals surface area contributed by atoms with Gasteiger partial charge in [0.2, 0.25) is 15.9 Å². The topological polar surface area (TPSA) is 104 Å². The molecule has 1 heterocycles. The summed E-state index contributed by atoms with van der Waals surface area (Å²) in [5.74, 6) is -1.64. The molecule has 0 bridgehead atoms. The van der Waals surface area contributed by atoms with Crippen molar-refractivity contribution in [1.29, 1.82) is 0 Å². The molecule has 7 nitrogen and oxygen atoms in total. The maximum absolute atomic E-state index is 11.7. The Morgan fingerprint density at radius 1 is 1.44 bits per heavy atom. The zero-order valence-corrected chi connectivity index (χ0v) is 11.1. The van der Waals surface area contributed by atoms with E-state index in [0.717, 1.165) is 6.26 Å². The largest absolute Gasteiger partial charge is 0.481 e. The van der Waals surface area contributed by atoms with Crippen LogP contribution in [0.5, 0.6) is 0 Å². The smallest absolute Gasteiger partial charge is 0.305 e. The van der Waals surface area contributed by atoms with E-state index < -0.39 is 16.0 Å². The van der Waals surface area contributed by atoms with E-state index in [1.165, 1.54) is 4.31 Å². The normalized spacial score (nSPS) is 21.5. The van der Waals surface area contributed by atoms with Gasteiger partial charge in [-0.25, -0.2) is 12.7 Å². The molecule has 0 aliphatic carbocycles. The monoisotopic (exact) mass is 278 g/mol. The van der Waals surface area contributed by atoms with Gasteiger partial charge in [-0.2, -0.15) is 0 Å². The quantitative estimate of drug-likeness (QED) is 0.688. The van der Waals surface area contributed by atoms with Crippen molar-refractivity contribution >= 4 is 21.9 Å². The number of hydrogen-bond acceptors (Lipinski definition) is 4. The van der Waals surface area contributed by atoms with Crippen molar-refractivity contribution in [2.45, 2.75) is 19.3 Å². The zero-order chi connectivity index (χ0) is 13.8. The average molecular weight is 278 g/mol. The molecular formula is C10H18N2O5S. The molecule has 1 saturated heterocycles. The highest BCUT2D eigenvalue weighted by molar-refractivity contribution is 7.88. The zero-order valence-electron chi connectivity index (χ0n) is 10.3. The molecule has 1 atom stereocenters. The number of carbonyl (C=O) groups excluding carboxylic acids is 1. The third kappa shape index (κ3) is 4.61. The number of rotatable bonds is 5. The molecule has 104 valence electrons. The van der Waals surface area contributed by atoms with E-state index in [4.69, 9.17) is 5.11 Å². The molecular weight excluding hydrogens is 260 g/mol. The van der Waals surface area contributed by atoms with Crippen LogP contribution in [0.3, 0.4) is 0 Å². The Morgan fingerprint density at radius 3 is 2.67 bits per heavy atom. The van der Waals surface area contributed by atoms with Crippen LogP contribution in [0, 0.1) is 5.92 Å². The number of hydrogen-bond donors (Lipinski definition) is 2. The molecule has 1 amide bonds. The van der Waals surface area contributed by atoms with Gasteiger partial charge in [0.1, 0.15) is 0 Å². The molecule has 8 heteroatoms. The van der Waals surface area contributed by atoms with Crippen LogP contribution < -0.4 is 5.32 Å². The third-order valence-electron chi connectivity index (χ3n) is 2.86. The number of carbonyl (C=O) groups is 2. The third-order valence-corrected chi connectivity index (χ3v) is 4.13. The van der Waals surface area contributed by atoms with Gasteiger partial charge in [0.15, 0.2) is 0 Å². The predicted octanol–water partition coefficient (Wildman–Crippen LogP) is -0.751. The Balaban J connectivity index is 2.46. The molecule has 2 N–H and O–H groups in total. The molecule has 1 unspecified atom stereocenters. The number of sulfonamides is 1. The lowest BCUT2D eigenvalue weighted by molar-refractivity contribution is -0.137. The van der Waals surface area contributed by atoms with Crippen LogP contribution in [-0.2, 0) is 19.6 Å². The SMILES string of the molecule is CS(=O)(=O)N1CCCC(C(=O)NCCC(=O)O)C1. The summed E-state index contributed by atoms with van der Waals surface area (Å²) in [5.41, 5.74) is 0. The van der Waals surface area contributed by atoms with Crippen molar-refractivity contribution in [3.63, 3.8) is 0 Å². The molecule has 0 aromatic heterocycles. The van der Waals surface area contributed by atoms with Gasteiger partial charge in [0, 0.05) is 19.6 Å². The molecule has 0 radical (unpaired) electrons. The molecule has 0 saturated carbocycles. The fourth-order valence-corrected chi connectivity index (χ4v) is 2.81. The van der Waals surface area contributed by atoms with Crippen LogP contribution in [0.4, 0.5) is 0 Å². The highest BCUT2D eigenvalue weighted by Gasteiger charge is 2.29. The Bertz CT molecular complexity index is 420. The number of carboxylic acid groups (broad SMARTS) is 1. The number of nitrogens with zero attached hydrogens (tertiary/aromatic N) is 1. The summed E-state index contributed by atoms with van der Waals surface area (Å²) < 4.78 is 24.0. The van der Waals surface area contributed by atoms with Gasteiger partial charge in [-0.15, -0.1) is 0 Å². The lowest BCUT2D eigenvalue weighted by Gasteiger charge is -2.30. The first-order valence-electron chi connectivity index (χ1n) is 5.75. The number of piperidine rings is 1. The molecule has 0 aromatic rings. The predicted molar refractivity (Wildman–Crippen MR) is 64.4 cm³/mol. The van der Waals surface area contributed by atoms with E-state index in [2.05, 4.69) is 5.32 Å². The Hall–Kier alpha value is -1.15. The number of aliphatic carboxylic acids is 1. The molecule has 1 aliphatic heterocycles. The number of nitrogens with one attached hydrogen (secondary N) is 1. The summed E-state index contributed by atoms with van der Waals surface area (Å²) in [5, 5.41) is 11.0. The fourth-order valence-electron chi connectivity index (χ4n) is 1.89.